The van der Waals surface area contributed by atoms with Crippen LogP contribution >= 0.6 is 0 Å². The van der Waals surface area contributed by atoms with Crippen molar-refractivity contribution in [1.29, 1.82) is 0 Å². The number of anilines is 1. The van der Waals surface area contributed by atoms with Gasteiger partial charge in [-0.3, -0.25) is 4.79 Å². The van der Waals surface area contributed by atoms with Gasteiger partial charge in [0.05, 0.1) is 5.69 Å². The third-order valence-corrected chi connectivity index (χ3v) is 2.43. The Kier molecular flexibility index (Phi) is 2.47. The number of aliphatic carboxylic acids is 1. The van der Waals surface area contributed by atoms with Crippen LogP contribution in [0.15, 0.2) is 12.3 Å². The summed E-state index contributed by atoms with van der Waals surface area (Å²) in [5.41, 5.74) is 2.23. The lowest BCUT2D eigenvalue weighted by atomic mass is 10.3. The molecule has 0 unspecified atom stereocenters. The van der Waals surface area contributed by atoms with Gasteiger partial charge in [0.1, 0.15) is 17.8 Å². The first-order valence-electron chi connectivity index (χ1n) is 4.83. The smallest absolute Gasteiger partial charge is 0.311 e. The Morgan fingerprint density at radius 3 is 3.00 bits per heavy atom. The summed E-state index contributed by atoms with van der Waals surface area (Å²) in [4.78, 5) is 19.1. The first-order valence-corrected chi connectivity index (χ1v) is 4.83. The van der Waals surface area contributed by atoms with E-state index in [1.165, 1.54) is 0 Å². The number of aryl methyl sites for hydroxylation is 1. The third-order valence-electron chi connectivity index (χ3n) is 2.43. The predicted octanol–water partition coefficient (Wildman–Crippen LogP) is 0.637. The number of carboxylic acids is 1. The quantitative estimate of drug-likeness (QED) is 0.793. The van der Waals surface area contributed by atoms with Gasteiger partial charge in [0.2, 0.25) is 0 Å². The number of rotatable bonds is 3. The summed E-state index contributed by atoms with van der Waals surface area (Å²) >= 11 is 0. The lowest BCUT2D eigenvalue weighted by Gasteiger charge is -1.99. The molecule has 0 atom stereocenters. The second kappa shape index (κ2) is 3.80. The van der Waals surface area contributed by atoms with Crippen LogP contribution < -0.4 is 5.32 Å². The lowest BCUT2D eigenvalue weighted by Crippen LogP contribution is -2.06. The van der Waals surface area contributed by atoms with Crippen LogP contribution in [0.1, 0.15) is 5.82 Å². The number of imidazole rings is 1. The lowest BCUT2D eigenvalue weighted by molar-refractivity contribution is -0.136. The van der Waals surface area contributed by atoms with Crippen molar-refractivity contribution >= 4 is 22.8 Å². The molecule has 0 aliphatic rings. The highest BCUT2D eigenvalue weighted by molar-refractivity contribution is 5.86. The Morgan fingerprint density at radius 1 is 1.62 bits per heavy atom. The molecule has 0 aliphatic heterocycles. The molecular weight excluding hydrogens is 208 g/mol. The van der Waals surface area contributed by atoms with E-state index in [-0.39, 0.29) is 6.42 Å². The van der Waals surface area contributed by atoms with Crippen molar-refractivity contribution in [3.63, 3.8) is 0 Å². The third kappa shape index (κ3) is 1.58. The van der Waals surface area contributed by atoms with Crippen LogP contribution in [0.5, 0.6) is 0 Å². The molecule has 0 aromatic carbocycles. The maximum absolute atomic E-state index is 10.7. The van der Waals surface area contributed by atoms with Crippen LogP contribution in [0.25, 0.3) is 11.2 Å². The van der Waals surface area contributed by atoms with E-state index >= 15 is 0 Å². The molecule has 6 nitrogen and oxygen atoms in total. The van der Waals surface area contributed by atoms with Crippen molar-refractivity contribution in [2.24, 2.45) is 7.05 Å². The average Bonchev–Trinajstić information content (AvgIpc) is 2.55. The second-order valence-electron chi connectivity index (χ2n) is 3.44. The van der Waals surface area contributed by atoms with E-state index < -0.39 is 5.97 Å². The Labute approximate surface area is 91.9 Å². The molecule has 2 heterocycles. The summed E-state index contributed by atoms with van der Waals surface area (Å²) in [5.74, 6) is -0.401. The minimum Gasteiger partial charge on any atom is -0.481 e. The van der Waals surface area contributed by atoms with Gasteiger partial charge in [-0.25, -0.2) is 9.97 Å². The van der Waals surface area contributed by atoms with E-state index in [4.69, 9.17) is 5.11 Å². The Balaban J connectivity index is 2.62. The predicted molar refractivity (Wildman–Crippen MR) is 59.4 cm³/mol. The molecule has 2 N–H and O–H groups in total. The Hall–Kier alpha value is -2.11. The number of nitrogens with one attached hydrogen (secondary N) is 1. The first-order chi connectivity index (χ1) is 7.63. The summed E-state index contributed by atoms with van der Waals surface area (Å²) in [6, 6.07) is 1.81. The molecule has 0 saturated heterocycles. The fourth-order valence-electron chi connectivity index (χ4n) is 1.62. The SMILES string of the molecule is CNc1ccnc2c1nc(CC(=O)O)n2C. The van der Waals surface area contributed by atoms with Crippen molar-refractivity contribution in [2.45, 2.75) is 6.42 Å². The maximum Gasteiger partial charge on any atom is 0.311 e. The highest BCUT2D eigenvalue weighted by atomic mass is 16.4. The van der Waals surface area contributed by atoms with Crippen molar-refractivity contribution in [3.05, 3.63) is 18.1 Å². The number of pyridine rings is 1. The summed E-state index contributed by atoms with van der Waals surface area (Å²) in [6.45, 7) is 0. The van der Waals surface area contributed by atoms with Crippen LogP contribution in [-0.4, -0.2) is 32.7 Å². The molecule has 0 amide bonds. The molecule has 0 aliphatic carbocycles. The van der Waals surface area contributed by atoms with E-state index in [0.717, 1.165) is 5.69 Å². The molecule has 0 spiro atoms. The number of carbonyl (C=O) groups is 1. The van der Waals surface area contributed by atoms with E-state index in [2.05, 4.69) is 15.3 Å². The molecule has 2 aromatic rings. The molecule has 0 radical (unpaired) electrons. The second-order valence-corrected chi connectivity index (χ2v) is 3.44. The van der Waals surface area contributed by atoms with E-state index in [1.54, 1.807) is 30.9 Å². The summed E-state index contributed by atoms with van der Waals surface area (Å²) < 4.78 is 1.70. The Morgan fingerprint density at radius 2 is 2.38 bits per heavy atom. The molecular formula is C10H12N4O2. The molecule has 6 heteroatoms. The van der Waals surface area contributed by atoms with Crippen LogP contribution in [0.2, 0.25) is 0 Å². The highest BCUT2D eigenvalue weighted by Gasteiger charge is 2.13. The fourth-order valence-corrected chi connectivity index (χ4v) is 1.62. The van der Waals surface area contributed by atoms with Gasteiger partial charge in [-0.2, -0.15) is 0 Å². The number of hydrogen-bond acceptors (Lipinski definition) is 4. The van der Waals surface area contributed by atoms with Gasteiger partial charge in [-0.1, -0.05) is 0 Å². The molecule has 16 heavy (non-hydrogen) atoms. The van der Waals surface area contributed by atoms with Crippen LogP contribution in [-0.2, 0) is 18.3 Å². The number of carboxylic acid groups (broad SMARTS) is 1. The van der Waals surface area contributed by atoms with Gasteiger partial charge >= 0.3 is 5.97 Å². The van der Waals surface area contributed by atoms with Crippen LogP contribution in [0, 0.1) is 0 Å². The minimum atomic E-state index is -0.899. The monoisotopic (exact) mass is 220 g/mol. The normalized spacial score (nSPS) is 10.6. The standard InChI is InChI=1S/C10H12N4O2/c1-11-6-3-4-12-10-9(6)13-7(14(10)2)5-8(15)16/h3-4H,5H2,1-2H3,(H,11,12)(H,15,16). The molecule has 0 fully saturated rings. The van der Waals surface area contributed by atoms with Gasteiger partial charge in [0, 0.05) is 20.3 Å². The summed E-state index contributed by atoms with van der Waals surface area (Å²) in [5, 5.41) is 11.8. The van der Waals surface area contributed by atoms with Crippen molar-refractivity contribution in [2.75, 3.05) is 12.4 Å². The van der Waals surface area contributed by atoms with Gasteiger partial charge in [0.15, 0.2) is 5.65 Å². The zero-order valence-electron chi connectivity index (χ0n) is 9.06. The molecule has 2 rings (SSSR count). The fraction of sp³-hybridized carbons (Fsp3) is 0.300. The number of nitrogens with zero attached hydrogens (tertiary/aromatic N) is 3. The highest BCUT2D eigenvalue weighted by Crippen LogP contribution is 2.20. The minimum absolute atomic E-state index is 0.101. The molecule has 0 bridgehead atoms. The van der Waals surface area contributed by atoms with E-state index in [0.29, 0.717) is 17.0 Å². The van der Waals surface area contributed by atoms with Crippen LogP contribution in [0.3, 0.4) is 0 Å². The number of hydrogen-bond donors (Lipinski definition) is 2. The largest absolute Gasteiger partial charge is 0.481 e. The zero-order valence-corrected chi connectivity index (χ0v) is 9.06. The van der Waals surface area contributed by atoms with Gasteiger partial charge in [-0.05, 0) is 6.07 Å². The zero-order chi connectivity index (χ0) is 11.7. The number of fused-ring (bicyclic) bond motifs is 1. The van der Waals surface area contributed by atoms with Crippen molar-refractivity contribution < 1.29 is 9.90 Å². The maximum atomic E-state index is 10.7. The summed E-state index contributed by atoms with van der Waals surface area (Å²) in [7, 11) is 3.56. The summed E-state index contributed by atoms with van der Waals surface area (Å²) in [6.07, 6.45) is 1.57. The topological polar surface area (TPSA) is 80.0 Å². The molecule has 2 aromatic heterocycles. The van der Waals surface area contributed by atoms with Gasteiger partial charge < -0.3 is 15.0 Å². The molecule has 0 saturated carbocycles. The van der Waals surface area contributed by atoms with Crippen molar-refractivity contribution in [3.8, 4) is 0 Å². The molecule has 84 valence electrons. The average molecular weight is 220 g/mol. The van der Waals surface area contributed by atoms with Gasteiger partial charge in [0.25, 0.3) is 0 Å². The first kappa shape index (κ1) is 10.4. The van der Waals surface area contributed by atoms with Gasteiger partial charge in [-0.15, -0.1) is 0 Å². The Bertz CT molecular complexity index is 547. The van der Waals surface area contributed by atoms with E-state index in [1.807, 2.05) is 0 Å². The van der Waals surface area contributed by atoms with E-state index in [9.17, 15) is 4.79 Å². The van der Waals surface area contributed by atoms with Crippen LogP contribution in [0.4, 0.5) is 5.69 Å². The number of aromatic nitrogens is 3. The van der Waals surface area contributed by atoms with Crippen molar-refractivity contribution in [1.82, 2.24) is 14.5 Å².